The average molecular weight is 442 g/mol. The number of ether oxygens (including phenoxy) is 1. The van der Waals surface area contributed by atoms with Crippen molar-refractivity contribution in [1.29, 1.82) is 0 Å². The normalized spacial score (nSPS) is 11.3. The predicted molar refractivity (Wildman–Crippen MR) is 124 cm³/mol. The molecule has 2 N–H and O–H groups in total. The number of H-pyrrole nitrogens is 2. The molecule has 0 aliphatic heterocycles. The first-order valence-electron chi connectivity index (χ1n) is 10.1. The minimum absolute atomic E-state index is 0.00797. The Bertz CT molecular complexity index is 1430. The lowest BCUT2D eigenvalue weighted by atomic mass is 9.84. The third kappa shape index (κ3) is 3.45. The Morgan fingerprint density at radius 3 is 1.67 bits per heavy atom. The van der Waals surface area contributed by atoms with Crippen LogP contribution in [0.3, 0.4) is 0 Å². The summed E-state index contributed by atoms with van der Waals surface area (Å²) in [6, 6.07) is 16.9. The Labute approximate surface area is 186 Å². The lowest BCUT2D eigenvalue weighted by Crippen LogP contribution is -2.03. The van der Waals surface area contributed by atoms with Gasteiger partial charge >= 0.3 is 0 Å². The van der Waals surface area contributed by atoms with Crippen molar-refractivity contribution in [2.75, 3.05) is 7.11 Å². The van der Waals surface area contributed by atoms with Gasteiger partial charge in [-0.25, -0.2) is 0 Å². The summed E-state index contributed by atoms with van der Waals surface area (Å²) in [4.78, 5) is 28.4. The van der Waals surface area contributed by atoms with E-state index in [0.717, 1.165) is 27.7 Å². The van der Waals surface area contributed by atoms with Crippen LogP contribution >= 0.6 is 0 Å². The minimum atomic E-state index is -0.423. The maximum atomic E-state index is 11.4. The molecule has 0 aliphatic rings. The number of nitro benzene ring substituents is 2. The molecule has 0 spiro atoms. The van der Waals surface area contributed by atoms with Crippen molar-refractivity contribution >= 4 is 33.2 Å². The Hall–Kier alpha value is -4.66. The second-order valence-electron chi connectivity index (χ2n) is 7.67. The molecule has 0 fully saturated rings. The third-order valence-corrected chi connectivity index (χ3v) is 5.89. The quantitative estimate of drug-likeness (QED) is 0.259. The second kappa shape index (κ2) is 7.79. The van der Waals surface area contributed by atoms with E-state index in [2.05, 4.69) is 9.97 Å². The maximum absolute atomic E-state index is 11.4. The second-order valence-corrected chi connectivity index (χ2v) is 7.67. The number of fused-ring (bicyclic) bond motifs is 2. The monoisotopic (exact) mass is 442 g/mol. The van der Waals surface area contributed by atoms with Crippen molar-refractivity contribution in [2.24, 2.45) is 0 Å². The van der Waals surface area contributed by atoms with Crippen LogP contribution in [0, 0.1) is 20.2 Å². The fraction of sp³-hybridized carbons (Fsp3) is 0.0833. The number of non-ortho nitro benzene ring substituents is 2. The van der Waals surface area contributed by atoms with Crippen LogP contribution in [0.2, 0.25) is 0 Å². The molecule has 0 atom stereocenters. The van der Waals surface area contributed by atoms with Crippen molar-refractivity contribution in [3.05, 3.63) is 110 Å². The van der Waals surface area contributed by atoms with Gasteiger partial charge in [0.05, 0.1) is 17.0 Å². The van der Waals surface area contributed by atoms with E-state index >= 15 is 0 Å². The summed E-state index contributed by atoms with van der Waals surface area (Å²) in [6.07, 6.45) is 3.67. The van der Waals surface area contributed by atoms with Gasteiger partial charge in [-0.1, -0.05) is 12.1 Å². The number of methoxy groups -OCH3 is 1. The highest BCUT2D eigenvalue weighted by Crippen LogP contribution is 2.41. The molecular formula is C24H18N4O5. The van der Waals surface area contributed by atoms with Crippen LogP contribution in [0.1, 0.15) is 22.6 Å². The molecule has 5 aromatic rings. The first-order chi connectivity index (χ1) is 16.0. The van der Waals surface area contributed by atoms with E-state index in [1.807, 2.05) is 36.7 Å². The molecule has 0 radical (unpaired) electrons. The van der Waals surface area contributed by atoms with Crippen molar-refractivity contribution in [3.8, 4) is 5.75 Å². The van der Waals surface area contributed by atoms with E-state index in [0.29, 0.717) is 16.5 Å². The molecule has 0 aliphatic carbocycles. The van der Waals surface area contributed by atoms with E-state index in [4.69, 9.17) is 4.74 Å². The molecule has 0 saturated heterocycles. The topological polar surface area (TPSA) is 127 Å². The van der Waals surface area contributed by atoms with Crippen LogP contribution in [0.5, 0.6) is 5.75 Å². The number of nitro groups is 2. The SMILES string of the molecule is COc1ccc(C(c2c[nH]c3ccc([N+](=O)[O-])cc23)c2c[nH]c3ccc([N+](=O)[O-])cc23)cc1. The van der Waals surface area contributed by atoms with Crippen molar-refractivity contribution in [1.82, 2.24) is 9.97 Å². The van der Waals surface area contributed by atoms with Crippen molar-refractivity contribution in [2.45, 2.75) is 5.92 Å². The molecule has 9 nitrogen and oxygen atoms in total. The smallest absolute Gasteiger partial charge is 0.270 e. The van der Waals surface area contributed by atoms with Gasteiger partial charge in [-0.15, -0.1) is 0 Å². The van der Waals surface area contributed by atoms with E-state index < -0.39 is 9.85 Å². The zero-order valence-corrected chi connectivity index (χ0v) is 17.4. The Balaban J connectivity index is 1.78. The molecule has 2 aromatic heterocycles. The zero-order valence-electron chi connectivity index (χ0n) is 17.4. The van der Waals surface area contributed by atoms with Gasteiger partial charge in [-0.05, 0) is 41.0 Å². The Morgan fingerprint density at radius 2 is 1.24 bits per heavy atom. The van der Waals surface area contributed by atoms with E-state index in [1.54, 1.807) is 31.4 Å². The van der Waals surface area contributed by atoms with Crippen LogP contribution in [0.15, 0.2) is 73.1 Å². The lowest BCUT2D eigenvalue weighted by molar-refractivity contribution is -0.384. The van der Waals surface area contributed by atoms with Crippen LogP contribution in [-0.4, -0.2) is 26.9 Å². The van der Waals surface area contributed by atoms with E-state index in [9.17, 15) is 20.2 Å². The summed E-state index contributed by atoms with van der Waals surface area (Å²) in [5.74, 6) is 0.351. The highest BCUT2D eigenvalue weighted by molar-refractivity contribution is 5.91. The van der Waals surface area contributed by atoms with E-state index in [1.165, 1.54) is 12.1 Å². The molecule has 2 heterocycles. The number of nitrogens with zero attached hydrogens (tertiary/aromatic N) is 2. The number of aromatic nitrogens is 2. The van der Waals surface area contributed by atoms with Crippen LogP contribution in [-0.2, 0) is 0 Å². The summed E-state index contributed by atoms with van der Waals surface area (Å²) in [6.45, 7) is 0. The number of hydrogen-bond donors (Lipinski definition) is 2. The number of rotatable bonds is 6. The molecule has 0 saturated carbocycles. The zero-order chi connectivity index (χ0) is 23.1. The summed E-state index contributed by atoms with van der Waals surface area (Å²) in [5, 5.41) is 24.2. The Morgan fingerprint density at radius 1 is 0.758 bits per heavy atom. The van der Waals surface area contributed by atoms with Crippen LogP contribution < -0.4 is 4.74 Å². The molecule has 0 amide bonds. The van der Waals surface area contributed by atoms with Gasteiger partial charge in [-0.3, -0.25) is 20.2 Å². The van der Waals surface area contributed by atoms with Crippen molar-refractivity contribution in [3.63, 3.8) is 0 Å². The highest BCUT2D eigenvalue weighted by Gasteiger charge is 2.25. The van der Waals surface area contributed by atoms with Gasteiger partial charge in [0, 0.05) is 64.4 Å². The largest absolute Gasteiger partial charge is 0.497 e. The molecule has 164 valence electrons. The summed E-state index contributed by atoms with van der Waals surface area (Å²) in [7, 11) is 1.59. The van der Waals surface area contributed by atoms with Gasteiger partial charge in [0.2, 0.25) is 0 Å². The van der Waals surface area contributed by atoms with Crippen LogP contribution in [0.25, 0.3) is 21.8 Å². The van der Waals surface area contributed by atoms with Gasteiger partial charge in [0.25, 0.3) is 11.4 Å². The van der Waals surface area contributed by atoms with Gasteiger partial charge in [0.15, 0.2) is 0 Å². The van der Waals surface area contributed by atoms with E-state index in [-0.39, 0.29) is 17.3 Å². The first-order valence-corrected chi connectivity index (χ1v) is 10.1. The van der Waals surface area contributed by atoms with Gasteiger partial charge in [0.1, 0.15) is 5.75 Å². The standard InChI is InChI=1S/C24H18N4O5/c1-33-17-6-2-14(3-7-17)24(20-12-25-22-8-4-15(27(29)30)10-18(20)22)21-13-26-23-9-5-16(28(31)32)11-19(21)23/h2-13,24-26H,1H3. The van der Waals surface area contributed by atoms with Gasteiger partial charge < -0.3 is 14.7 Å². The molecule has 0 bridgehead atoms. The Kier molecular flexibility index (Phi) is 4.78. The fourth-order valence-electron chi connectivity index (χ4n) is 4.29. The molecule has 33 heavy (non-hydrogen) atoms. The fourth-order valence-corrected chi connectivity index (χ4v) is 4.29. The summed E-state index contributed by atoms with van der Waals surface area (Å²) in [5.41, 5.74) is 4.07. The highest BCUT2D eigenvalue weighted by atomic mass is 16.6. The number of hydrogen-bond acceptors (Lipinski definition) is 5. The molecular weight excluding hydrogens is 424 g/mol. The number of aromatic amines is 2. The van der Waals surface area contributed by atoms with Crippen LogP contribution in [0.4, 0.5) is 11.4 Å². The first kappa shape index (κ1) is 20.3. The minimum Gasteiger partial charge on any atom is -0.497 e. The predicted octanol–water partition coefficient (Wildman–Crippen LogP) is 5.65. The number of benzene rings is 3. The maximum Gasteiger partial charge on any atom is 0.270 e. The molecule has 0 unspecified atom stereocenters. The van der Waals surface area contributed by atoms with Crippen molar-refractivity contribution < 1.29 is 14.6 Å². The third-order valence-electron chi connectivity index (χ3n) is 5.89. The summed E-state index contributed by atoms with van der Waals surface area (Å²) >= 11 is 0. The number of nitrogens with one attached hydrogen (secondary N) is 2. The average Bonchev–Trinajstić information content (AvgIpc) is 3.44. The lowest BCUT2D eigenvalue weighted by Gasteiger charge is -2.18. The molecule has 9 heteroatoms. The molecule has 3 aromatic carbocycles. The summed E-state index contributed by atoms with van der Waals surface area (Å²) < 4.78 is 5.29. The molecule has 5 rings (SSSR count). The van der Waals surface area contributed by atoms with Gasteiger partial charge in [-0.2, -0.15) is 0 Å².